The number of benzene rings is 2. The van der Waals surface area contributed by atoms with Crippen LogP contribution in [0, 0.1) is 0 Å². The third-order valence-corrected chi connectivity index (χ3v) is 9.03. The van der Waals surface area contributed by atoms with Crippen LogP contribution < -0.4 is 10.5 Å². The first kappa shape index (κ1) is 24.3. The summed E-state index contributed by atoms with van der Waals surface area (Å²) in [5.41, 5.74) is -0.629. The number of fused-ring (bicyclic) bond motifs is 1. The number of alkyl halides is 3. The van der Waals surface area contributed by atoms with Crippen LogP contribution in [0.3, 0.4) is 0 Å². The van der Waals surface area contributed by atoms with E-state index in [2.05, 4.69) is 0 Å². The summed E-state index contributed by atoms with van der Waals surface area (Å²) in [6.45, 7) is 2.98. The highest BCUT2D eigenvalue weighted by molar-refractivity contribution is 7.89. The van der Waals surface area contributed by atoms with Crippen molar-refractivity contribution in [3.8, 4) is 5.69 Å². The van der Waals surface area contributed by atoms with Crippen LogP contribution in [-0.4, -0.2) is 69.3 Å². The van der Waals surface area contributed by atoms with Crippen molar-refractivity contribution >= 4 is 37.3 Å². The zero-order chi connectivity index (χ0) is 24.8. The molecule has 8 nitrogen and oxygen atoms in total. The molecule has 0 amide bonds. The molecule has 0 N–H and O–H groups in total. The number of rotatable bonds is 4. The third-order valence-electron chi connectivity index (χ3n) is 6.04. The highest BCUT2D eigenvalue weighted by atomic mass is 32.2. The minimum absolute atomic E-state index is 0.00625. The number of hydrogen-bond donors (Lipinski definition) is 0. The topological polar surface area (TPSA) is 81.1 Å². The molecule has 35 heavy (non-hydrogen) atoms. The van der Waals surface area contributed by atoms with Crippen molar-refractivity contribution in [2.75, 3.05) is 57.5 Å². The van der Waals surface area contributed by atoms with Gasteiger partial charge in [-0.25, -0.2) is 12.4 Å². The number of nitrogens with zero attached hydrogens (tertiary/aromatic N) is 3. The number of halogens is 3. The van der Waals surface area contributed by atoms with Gasteiger partial charge < -0.3 is 14.4 Å². The summed E-state index contributed by atoms with van der Waals surface area (Å²) >= 11 is 0.980. The molecule has 13 heteroatoms. The molecule has 0 aliphatic carbocycles. The van der Waals surface area contributed by atoms with Gasteiger partial charge in [-0.05, 0) is 36.4 Å². The van der Waals surface area contributed by atoms with Gasteiger partial charge in [-0.3, -0.25) is 4.79 Å². The maximum Gasteiger partial charge on any atom is 0.416 e. The molecule has 2 aromatic carbocycles. The van der Waals surface area contributed by atoms with E-state index in [0.29, 0.717) is 42.4 Å². The highest BCUT2D eigenvalue weighted by Crippen LogP contribution is 2.35. The Labute approximate surface area is 203 Å². The number of anilines is 1. The molecule has 2 aliphatic heterocycles. The Balaban J connectivity index is 1.67. The van der Waals surface area contributed by atoms with Crippen molar-refractivity contribution in [3.63, 3.8) is 0 Å². The Morgan fingerprint density at radius 2 is 1.51 bits per heavy atom. The summed E-state index contributed by atoms with van der Waals surface area (Å²) < 4.78 is 80.0. The van der Waals surface area contributed by atoms with Gasteiger partial charge in [-0.2, -0.15) is 17.5 Å². The van der Waals surface area contributed by atoms with Gasteiger partial charge in [0.25, 0.3) is 5.56 Å². The zero-order valence-electron chi connectivity index (χ0n) is 18.5. The number of hydrogen-bond acceptors (Lipinski definition) is 7. The van der Waals surface area contributed by atoms with Gasteiger partial charge in [-0.15, -0.1) is 0 Å². The first-order valence-electron chi connectivity index (χ1n) is 10.9. The first-order valence-corrected chi connectivity index (χ1v) is 13.2. The lowest BCUT2D eigenvalue weighted by molar-refractivity contribution is -0.137. The van der Waals surface area contributed by atoms with E-state index in [9.17, 15) is 26.4 Å². The predicted molar refractivity (Wildman–Crippen MR) is 125 cm³/mol. The summed E-state index contributed by atoms with van der Waals surface area (Å²) in [6, 6.07) is 7.61. The van der Waals surface area contributed by atoms with Crippen LogP contribution in [0.2, 0.25) is 0 Å². The van der Waals surface area contributed by atoms with Crippen LogP contribution in [0.25, 0.3) is 15.8 Å². The number of aromatic nitrogens is 1. The van der Waals surface area contributed by atoms with Crippen molar-refractivity contribution in [2.24, 2.45) is 0 Å². The minimum atomic E-state index is -4.58. The quantitative estimate of drug-likeness (QED) is 0.517. The molecule has 5 rings (SSSR count). The molecular weight excluding hydrogens is 507 g/mol. The second-order valence-electron chi connectivity index (χ2n) is 8.17. The molecule has 0 unspecified atom stereocenters. The average Bonchev–Trinajstić information content (AvgIpc) is 3.20. The average molecular weight is 530 g/mol. The summed E-state index contributed by atoms with van der Waals surface area (Å²) in [7, 11) is -3.86. The van der Waals surface area contributed by atoms with Crippen LogP contribution in [0.4, 0.5) is 18.9 Å². The molecule has 2 fully saturated rings. The predicted octanol–water partition coefficient (Wildman–Crippen LogP) is 2.93. The van der Waals surface area contributed by atoms with E-state index >= 15 is 0 Å². The fourth-order valence-electron chi connectivity index (χ4n) is 4.19. The van der Waals surface area contributed by atoms with Gasteiger partial charge >= 0.3 is 6.18 Å². The van der Waals surface area contributed by atoms with Gasteiger partial charge in [0, 0.05) is 26.2 Å². The van der Waals surface area contributed by atoms with Gasteiger partial charge in [-0.1, -0.05) is 11.5 Å². The minimum Gasteiger partial charge on any atom is -0.379 e. The highest BCUT2D eigenvalue weighted by Gasteiger charge is 2.32. The molecule has 0 saturated carbocycles. The Morgan fingerprint density at radius 1 is 0.857 bits per heavy atom. The maximum absolute atomic E-state index is 13.3. The van der Waals surface area contributed by atoms with Gasteiger partial charge in [0.15, 0.2) is 0 Å². The Hall–Kier alpha value is -2.45. The number of ether oxygens (including phenoxy) is 2. The van der Waals surface area contributed by atoms with Crippen LogP contribution in [-0.2, 0) is 25.7 Å². The smallest absolute Gasteiger partial charge is 0.379 e. The van der Waals surface area contributed by atoms with Crippen molar-refractivity contribution in [2.45, 2.75) is 11.1 Å². The largest absolute Gasteiger partial charge is 0.416 e. The normalized spacial score (nSPS) is 18.3. The van der Waals surface area contributed by atoms with E-state index in [4.69, 9.17) is 9.47 Å². The van der Waals surface area contributed by atoms with Gasteiger partial charge in [0.2, 0.25) is 10.0 Å². The lowest BCUT2D eigenvalue weighted by Crippen LogP contribution is -2.40. The monoisotopic (exact) mass is 529 g/mol. The molecule has 3 heterocycles. The Kier molecular flexibility index (Phi) is 6.38. The van der Waals surface area contributed by atoms with Gasteiger partial charge in [0.1, 0.15) is 0 Å². The fraction of sp³-hybridized carbons (Fsp3) is 0.409. The molecule has 3 aromatic rings. The zero-order valence-corrected chi connectivity index (χ0v) is 20.1. The van der Waals surface area contributed by atoms with E-state index in [1.165, 1.54) is 26.5 Å². The SMILES string of the molecule is O=c1c2cc(C(F)(F)F)ccc2sn1-c1cc(S(=O)(=O)N2CCOCC2)ccc1N1CCOCC1. The van der Waals surface area contributed by atoms with Crippen molar-refractivity contribution < 1.29 is 31.1 Å². The summed E-state index contributed by atoms with van der Waals surface area (Å²) in [5.74, 6) is 0. The lowest BCUT2D eigenvalue weighted by Gasteiger charge is -2.31. The molecule has 188 valence electrons. The van der Waals surface area contributed by atoms with Gasteiger partial charge in [0.05, 0.1) is 58.3 Å². The number of morpholine rings is 2. The molecule has 1 aromatic heterocycles. The number of sulfonamides is 1. The second kappa shape index (κ2) is 9.21. The summed E-state index contributed by atoms with van der Waals surface area (Å²) in [5, 5.41) is -0.0702. The van der Waals surface area contributed by atoms with E-state index in [1.54, 1.807) is 6.07 Å². The van der Waals surface area contributed by atoms with E-state index in [0.717, 1.165) is 23.7 Å². The fourth-order valence-corrected chi connectivity index (χ4v) is 6.62. The molecule has 2 aliphatic rings. The molecule has 0 atom stereocenters. The van der Waals surface area contributed by atoms with Crippen LogP contribution in [0.5, 0.6) is 0 Å². The van der Waals surface area contributed by atoms with E-state index in [1.807, 2.05) is 4.90 Å². The molecule has 2 saturated heterocycles. The summed E-state index contributed by atoms with van der Waals surface area (Å²) in [6.07, 6.45) is -4.58. The van der Waals surface area contributed by atoms with Crippen LogP contribution in [0.15, 0.2) is 46.1 Å². The van der Waals surface area contributed by atoms with Crippen molar-refractivity contribution in [1.29, 1.82) is 0 Å². The van der Waals surface area contributed by atoms with Crippen molar-refractivity contribution in [1.82, 2.24) is 8.26 Å². The third kappa shape index (κ3) is 4.58. The molecule has 0 bridgehead atoms. The maximum atomic E-state index is 13.3. The molecule has 0 radical (unpaired) electrons. The Bertz CT molecular complexity index is 1410. The van der Waals surface area contributed by atoms with Crippen LogP contribution in [0.1, 0.15) is 5.56 Å². The van der Waals surface area contributed by atoms with E-state index < -0.39 is 27.3 Å². The lowest BCUT2D eigenvalue weighted by atomic mass is 10.1. The molecular formula is C22H22F3N3O5S2. The molecule has 0 spiro atoms. The Morgan fingerprint density at radius 3 is 2.17 bits per heavy atom. The van der Waals surface area contributed by atoms with E-state index in [-0.39, 0.29) is 36.6 Å². The first-order chi connectivity index (χ1) is 16.7. The summed E-state index contributed by atoms with van der Waals surface area (Å²) in [4.78, 5) is 15.3. The van der Waals surface area contributed by atoms with Crippen molar-refractivity contribution in [3.05, 3.63) is 52.3 Å². The van der Waals surface area contributed by atoms with Crippen LogP contribution >= 0.6 is 11.5 Å². The standard InChI is InChI=1S/C22H22F3N3O5S2/c23-22(24,25)15-1-4-20-17(13-15)21(29)28(34-20)19-14-16(35(30,31)27-7-11-33-12-8-27)2-3-18(19)26-5-9-32-10-6-26/h1-4,13-14H,5-12H2. The second-order valence-corrected chi connectivity index (χ2v) is 11.1.